The molecule has 0 aliphatic heterocycles. The van der Waals surface area contributed by atoms with E-state index in [0.29, 0.717) is 18.7 Å². The van der Waals surface area contributed by atoms with E-state index in [9.17, 15) is 4.79 Å². The second-order valence-electron chi connectivity index (χ2n) is 6.96. The van der Waals surface area contributed by atoms with E-state index in [2.05, 4.69) is 10.4 Å². The minimum atomic E-state index is -0.131. The van der Waals surface area contributed by atoms with E-state index >= 15 is 0 Å². The zero-order valence-electron chi connectivity index (χ0n) is 17.0. The third-order valence-corrected chi connectivity index (χ3v) is 4.96. The Bertz CT molecular complexity index is 1180. The molecule has 0 bridgehead atoms. The molecule has 0 spiro atoms. The number of hydrogen-bond acceptors (Lipinski definition) is 4. The number of aromatic nitrogens is 2. The van der Waals surface area contributed by atoms with Crippen molar-refractivity contribution in [1.29, 1.82) is 0 Å². The molecule has 30 heavy (non-hydrogen) atoms. The molecule has 0 aliphatic rings. The molecule has 6 nitrogen and oxygen atoms in total. The predicted molar refractivity (Wildman–Crippen MR) is 116 cm³/mol. The molecule has 4 aromatic rings. The maximum absolute atomic E-state index is 12.7. The highest BCUT2D eigenvalue weighted by molar-refractivity contribution is 5.97. The van der Waals surface area contributed by atoms with E-state index < -0.39 is 0 Å². The fourth-order valence-corrected chi connectivity index (χ4v) is 3.35. The molecule has 0 saturated heterocycles. The summed E-state index contributed by atoms with van der Waals surface area (Å²) in [7, 11) is 3.28. The number of methoxy groups -OCH3 is 2. The molecule has 1 amide bonds. The van der Waals surface area contributed by atoms with Crippen LogP contribution in [0, 0.1) is 0 Å². The van der Waals surface area contributed by atoms with Crippen molar-refractivity contribution in [2.45, 2.75) is 13.1 Å². The van der Waals surface area contributed by atoms with Crippen molar-refractivity contribution >= 4 is 16.8 Å². The van der Waals surface area contributed by atoms with Crippen LogP contribution in [-0.4, -0.2) is 29.9 Å². The fourth-order valence-electron chi connectivity index (χ4n) is 3.35. The lowest BCUT2D eigenvalue weighted by Gasteiger charge is -2.09. The number of hydrogen-bond donors (Lipinski definition) is 1. The van der Waals surface area contributed by atoms with Gasteiger partial charge in [0.25, 0.3) is 5.91 Å². The van der Waals surface area contributed by atoms with Gasteiger partial charge in [-0.2, -0.15) is 5.10 Å². The summed E-state index contributed by atoms with van der Waals surface area (Å²) in [5, 5.41) is 8.44. The van der Waals surface area contributed by atoms with Crippen LogP contribution in [-0.2, 0) is 13.1 Å². The lowest BCUT2D eigenvalue weighted by atomic mass is 10.1. The van der Waals surface area contributed by atoms with Crippen LogP contribution >= 0.6 is 0 Å². The Morgan fingerprint density at radius 1 is 0.933 bits per heavy atom. The van der Waals surface area contributed by atoms with Crippen LogP contribution in [0.2, 0.25) is 0 Å². The van der Waals surface area contributed by atoms with Gasteiger partial charge in [0.05, 0.1) is 32.5 Å². The van der Waals surface area contributed by atoms with E-state index in [1.807, 2.05) is 77.6 Å². The highest BCUT2D eigenvalue weighted by Crippen LogP contribution is 2.19. The average molecular weight is 401 g/mol. The van der Waals surface area contributed by atoms with Gasteiger partial charge in [-0.1, -0.05) is 30.3 Å². The van der Waals surface area contributed by atoms with Gasteiger partial charge in [0.1, 0.15) is 11.5 Å². The van der Waals surface area contributed by atoms with E-state index in [1.54, 1.807) is 14.2 Å². The molecule has 1 N–H and O–H groups in total. The third-order valence-electron chi connectivity index (χ3n) is 4.96. The van der Waals surface area contributed by atoms with Crippen LogP contribution in [0.4, 0.5) is 0 Å². The van der Waals surface area contributed by atoms with Gasteiger partial charge >= 0.3 is 0 Å². The first-order valence-electron chi connectivity index (χ1n) is 9.66. The topological polar surface area (TPSA) is 65.4 Å². The summed E-state index contributed by atoms with van der Waals surface area (Å²) < 4.78 is 12.4. The minimum Gasteiger partial charge on any atom is -0.497 e. The first-order valence-corrected chi connectivity index (χ1v) is 9.66. The van der Waals surface area contributed by atoms with Gasteiger partial charge in [0, 0.05) is 17.5 Å². The number of nitrogens with one attached hydrogen (secondary N) is 1. The average Bonchev–Trinajstić information content (AvgIpc) is 3.19. The molecule has 0 radical (unpaired) electrons. The molecule has 0 saturated carbocycles. The predicted octanol–water partition coefficient (Wildman–Crippen LogP) is 4.03. The highest BCUT2D eigenvalue weighted by atomic mass is 16.5. The van der Waals surface area contributed by atoms with Gasteiger partial charge in [-0.3, -0.25) is 9.48 Å². The molecule has 0 aliphatic carbocycles. The molecule has 152 valence electrons. The van der Waals surface area contributed by atoms with Crippen molar-refractivity contribution in [2.24, 2.45) is 0 Å². The van der Waals surface area contributed by atoms with Gasteiger partial charge < -0.3 is 14.8 Å². The SMILES string of the molecule is COc1cccc(CNC(=O)c2ccc3cnn(Cc4cccc(OC)c4)c3c2)c1. The molecule has 1 aromatic heterocycles. The smallest absolute Gasteiger partial charge is 0.251 e. The molecule has 0 fully saturated rings. The number of benzene rings is 3. The summed E-state index contributed by atoms with van der Waals surface area (Å²) in [6.45, 7) is 1.02. The lowest BCUT2D eigenvalue weighted by molar-refractivity contribution is 0.0951. The summed E-state index contributed by atoms with van der Waals surface area (Å²) in [6.07, 6.45) is 1.81. The number of ether oxygens (including phenoxy) is 2. The molecule has 3 aromatic carbocycles. The highest BCUT2D eigenvalue weighted by Gasteiger charge is 2.10. The summed E-state index contributed by atoms with van der Waals surface area (Å²) in [6, 6.07) is 21.1. The van der Waals surface area contributed by atoms with Crippen LogP contribution in [0.15, 0.2) is 72.9 Å². The van der Waals surface area contributed by atoms with Gasteiger partial charge in [-0.05, 0) is 47.5 Å². The Kier molecular flexibility index (Phi) is 5.66. The first-order chi connectivity index (χ1) is 14.7. The van der Waals surface area contributed by atoms with Crippen LogP contribution in [0.5, 0.6) is 11.5 Å². The summed E-state index contributed by atoms with van der Waals surface area (Å²) in [5.74, 6) is 1.44. The van der Waals surface area contributed by atoms with E-state index in [0.717, 1.165) is 33.5 Å². The van der Waals surface area contributed by atoms with Crippen molar-refractivity contribution in [3.05, 3.63) is 89.6 Å². The van der Waals surface area contributed by atoms with Crippen molar-refractivity contribution in [3.63, 3.8) is 0 Å². The zero-order chi connectivity index (χ0) is 20.9. The largest absolute Gasteiger partial charge is 0.497 e. The maximum Gasteiger partial charge on any atom is 0.251 e. The van der Waals surface area contributed by atoms with E-state index in [1.165, 1.54) is 0 Å². The fraction of sp³-hybridized carbons (Fsp3) is 0.167. The first kappa shape index (κ1) is 19.5. The molecule has 4 rings (SSSR count). The minimum absolute atomic E-state index is 0.131. The Balaban J connectivity index is 1.52. The standard InChI is InChI=1S/C24H23N3O3/c1-29-21-7-3-5-17(11-21)14-25-24(28)19-9-10-20-15-26-27(23(20)13-19)16-18-6-4-8-22(12-18)30-2/h3-13,15H,14,16H2,1-2H3,(H,25,28). The Labute approximate surface area is 175 Å². The van der Waals surface area contributed by atoms with Crippen molar-refractivity contribution in [1.82, 2.24) is 15.1 Å². The quantitative estimate of drug-likeness (QED) is 0.508. The Morgan fingerprint density at radius 3 is 2.37 bits per heavy atom. The van der Waals surface area contributed by atoms with Crippen LogP contribution in [0.1, 0.15) is 21.5 Å². The monoisotopic (exact) mass is 401 g/mol. The molecule has 6 heteroatoms. The molecule has 0 atom stereocenters. The van der Waals surface area contributed by atoms with Crippen molar-refractivity contribution in [3.8, 4) is 11.5 Å². The summed E-state index contributed by atoms with van der Waals surface area (Å²) >= 11 is 0. The number of rotatable bonds is 7. The summed E-state index contributed by atoms with van der Waals surface area (Å²) in [5.41, 5.74) is 3.56. The normalized spacial score (nSPS) is 10.7. The second kappa shape index (κ2) is 8.69. The van der Waals surface area contributed by atoms with Crippen LogP contribution in [0.3, 0.4) is 0 Å². The van der Waals surface area contributed by atoms with E-state index in [4.69, 9.17) is 9.47 Å². The lowest BCUT2D eigenvalue weighted by Crippen LogP contribution is -2.22. The van der Waals surface area contributed by atoms with Gasteiger partial charge in [-0.25, -0.2) is 0 Å². The van der Waals surface area contributed by atoms with Crippen LogP contribution in [0.25, 0.3) is 10.9 Å². The van der Waals surface area contributed by atoms with Gasteiger partial charge in [0.15, 0.2) is 0 Å². The zero-order valence-corrected chi connectivity index (χ0v) is 17.0. The number of carbonyl (C=O) groups is 1. The molecular weight excluding hydrogens is 378 g/mol. The van der Waals surface area contributed by atoms with Crippen molar-refractivity contribution < 1.29 is 14.3 Å². The second-order valence-corrected chi connectivity index (χ2v) is 6.96. The van der Waals surface area contributed by atoms with Crippen LogP contribution < -0.4 is 14.8 Å². The number of carbonyl (C=O) groups excluding carboxylic acids is 1. The van der Waals surface area contributed by atoms with Gasteiger partial charge in [0.2, 0.25) is 0 Å². The van der Waals surface area contributed by atoms with Crippen molar-refractivity contribution in [2.75, 3.05) is 14.2 Å². The number of fused-ring (bicyclic) bond motifs is 1. The van der Waals surface area contributed by atoms with Gasteiger partial charge in [-0.15, -0.1) is 0 Å². The Morgan fingerprint density at radius 2 is 1.63 bits per heavy atom. The molecule has 0 unspecified atom stereocenters. The maximum atomic E-state index is 12.7. The molecular formula is C24H23N3O3. The van der Waals surface area contributed by atoms with E-state index in [-0.39, 0.29) is 5.91 Å². The number of nitrogens with zero attached hydrogens (tertiary/aromatic N) is 2. The third kappa shape index (κ3) is 4.27. The number of amides is 1. The Hall–Kier alpha value is -3.80. The molecule has 1 heterocycles. The summed E-state index contributed by atoms with van der Waals surface area (Å²) in [4.78, 5) is 12.7.